The Morgan fingerprint density at radius 2 is 2.06 bits per heavy atom. The Hall–Kier alpha value is -2.30. The van der Waals surface area contributed by atoms with Crippen LogP contribution in [0.4, 0.5) is 10.2 Å². The van der Waals surface area contributed by atoms with Crippen molar-refractivity contribution in [3.8, 4) is 0 Å². The molecule has 17 heteroatoms. The topological polar surface area (TPSA) is 198 Å². The van der Waals surface area contributed by atoms with Crippen LogP contribution in [0.15, 0.2) is 12.7 Å². The average molecular weight is 519 g/mol. The zero-order chi connectivity index (χ0) is 25.1. The fraction of sp³-hybridized carbons (Fsp3) is 0.667. The molecule has 2 saturated heterocycles. The molecule has 4 heterocycles. The van der Waals surface area contributed by atoms with E-state index in [0.717, 1.165) is 6.34 Å². The zero-order valence-electron chi connectivity index (χ0n) is 18.8. The molecule has 0 bridgehead atoms. The van der Waals surface area contributed by atoms with Crippen LogP contribution in [-0.4, -0.2) is 101 Å². The maximum Gasteiger partial charge on any atom is 0.319 e. The maximum atomic E-state index is 15.2. The molecule has 0 amide bonds. The number of hydrogen-bond donors (Lipinski definition) is 4. The largest absolute Gasteiger partial charge is 0.386 e. The van der Waals surface area contributed by atoms with Gasteiger partial charge in [-0.15, -0.1) is 0 Å². The van der Waals surface area contributed by atoms with Crippen LogP contribution in [0.25, 0.3) is 11.2 Å². The first kappa shape index (κ1) is 25.8. The van der Waals surface area contributed by atoms with Gasteiger partial charge in [0.15, 0.2) is 30.1 Å². The number of hydrogen-bond acceptors (Lipinski definition) is 13. The second kappa shape index (κ2) is 11.2. The van der Waals surface area contributed by atoms with Crippen molar-refractivity contribution in [1.29, 1.82) is 5.41 Å². The van der Waals surface area contributed by atoms with Crippen molar-refractivity contribution >= 4 is 31.6 Å². The van der Waals surface area contributed by atoms with Crippen LogP contribution >= 0.6 is 8.25 Å². The van der Waals surface area contributed by atoms with E-state index in [1.54, 1.807) is 0 Å². The minimum atomic E-state index is -3.18. The van der Waals surface area contributed by atoms with Gasteiger partial charge >= 0.3 is 8.25 Å². The monoisotopic (exact) mass is 519 g/mol. The summed E-state index contributed by atoms with van der Waals surface area (Å²) in [6.07, 6.45) is -5.35. The van der Waals surface area contributed by atoms with E-state index in [2.05, 4.69) is 20.3 Å². The predicted octanol–water partition coefficient (Wildman–Crippen LogP) is -0.621. The van der Waals surface area contributed by atoms with Gasteiger partial charge in [0.2, 0.25) is 0 Å². The molecule has 0 aromatic carbocycles. The van der Waals surface area contributed by atoms with Crippen molar-refractivity contribution in [2.24, 2.45) is 0 Å². The molecule has 2 unspecified atom stereocenters. The summed E-state index contributed by atoms with van der Waals surface area (Å²) in [5, 5.41) is 20.0. The molecule has 9 atom stereocenters. The third kappa shape index (κ3) is 5.15. The summed E-state index contributed by atoms with van der Waals surface area (Å²) in [4.78, 5) is 12.1. The van der Waals surface area contributed by atoms with Gasteiger partial charge in [-0.25, -0.2) is 19.3 Å². The van der Waals surface area contributed by atoms with Gasteiger partial charge in [-0.05, 0) is 0 Å². The first-order valence-electron chi connectivity index (χ1n) is 10.6. The number of nitrogens with one attached hydrogen (secondary N) is 2. The molecule has 35 heavy (non-hydrogen) atoms. The number of ether oxygens (including phenoxy) is 4. The molecule has 4 rings (SSSR count). The number of alkyl halides is 1. The SMILES string of the molecule is COC[C@H]1O[C@@H](NC=N)[C@H](O)[C@@H]1O[PH](=O)OCC1O[C@@H](n2cnc3c(N)ncnc32)[C@H](F)[C@@H]1OC. The molecule has 194 valence electrons. The second-order valence-corrected chi connectivity index (χ2v) is 8.81. The number of aliphatic hydroxyl groups is 1. The van der Waals surface area contributed by atoms with Crippen LogP contribution in [0, 0.1) is 5.41 Å². The lowest BCUT2D eigenvalue weighted by Gasteiger charge is -2.21. The molecule has 2 aromatic rings. The fourth-order valence-electron chi connectivity index (χ4n) is 4.09. The minimum Gasteiger partial charge on any atom is -0.386 e. The second-order valence-electron chi connectivity index (χ2n) is 7.79. The first-order valence-corrected chi connectivity index (χ1v) is 11.8. The highest BCUT2D eigenvalue weighted by Gasteiger charge is 2.48. The summed E-state index contributed by atoms with van der Waals surface area (Å²) in [5.41, 5.74) is 6.38. The molecule has 2 aliphatic rings. The van der Waals surface area contributed by atoms with Crippen LogP contribution in [0.1, 0.15) is 6.23 Å². The molecule has 15 nitrogen and oxygen atoms in total. The van der Waals surface area contributed by atoms with E-state index in [9.17, 15) is 9.67 Å². The zero-order valence-corrected chi connectivity index (χ0v) is 19.8. The Labute approximate surface area is 199 Å². The number of methoxy groups -OCH3 is 2. The highest BCUT2D eigenvalue weighted by molar-refractivity contribution is 7.33. The van der Waals surface area contributed by atoms with Gasteiger partial charge in [0, 0.05) is 14.2 Å². The molecule has 2 aromatic heterocycles. The summed E-state index contributed by atoms with van der Waals surface area (Å²) in [6, 6.07) is 0. The Morgan fingerprint density at radius 1 is 1.29 bits per heavy atom. The van der Waals surface area contributed by atoms with E-state index < -0.39 is 57.4 Å². The summed E-state index contributed by atoms with van der Waals surface area (Å²) >= 11 is 0. The molecule has 2 aliphatic heterocycles. The van der Waals surface area contributed by atoms with Crippen LogP contribution < -0.4 is 11.1 Å². The number of aromatic nitrogens is 4. The summed E-state index contributed by atoms with van der Waals surface area (Å²) in [7, 11) is -0.435. The average Bonchev–Trinajstić information content (AvgIpc) is 3.49. The van der Waals surface area contributed by atoms with Crippen molar-refractivity contribution in [3.05, 3.63) is 12.7 Å². The van der Waals surface area contributed by atoms with E-state index in [1.807, 2.05) is 0 Å². The van der Waals surface area contributed by atoms with Gasteiger partial charge in [0.25, 0.3) is 0 Å². The third-order valence-electron chi connectivity index (χ3n) is 5.71. The van der Waals surface area contributed by atoms with E-state index in [0.29, 0.717) is 5.52 Å². The van der Waals surface area contributed by atoms with Crippen molar-refractivity contribution in [1.82, 2.24) is 24.8 Å². The van der Waals surface area contributed by atoms with Crippen molar-refractivity contribution in [3.63, 3.8) is 0 Å². The summed E-state index contributed by atoms with van der Waals surface area (Å²) in [5.74, 6) is 0.143. The van der Waals surface area contributed by atoms with Gasteiger partial charge < -0.3 is 44.2 Å². The summed E-state index contributed by atoms with van der Waals surface area (Å²) in [6.45, 7) is -0.277. The van der Waals surface area contributed by atoms with Crippen molar-refractivity contribution in [2.75, 3.05) is 33.2 Å². The smallest absolute Gasteiger partial charge is 0.319 e. The fourth-order valence-corrected chi connectivity index (χ4v) is 4.97. The van der Waals surface area contributed by atoms with E-state index in [4.69, 9.17) is 39.1 Å². The third-order valence-corrected chi connectivity index (χ3v) is 6.58. The van der Waals surface area contributed by atoms with Gasteiger partial charge in [0.05, 0.1) is 25.9 Å². The highest BCUT2D eigenvalue weighted by atomic mass is 31.1. The highest BCUT2D eigenvalue weighted by Crippen LogP contribution is 2.38. The molecule has 5 N–H and O–H groups in total. The molecule has 0 aliphatic carbocycles. The lowest BCUT2D eigenvalue weighted by Crippen LogP contribution is -2.40. The predicted molar refractivity (Wildman–Crippen MR) is 118 cm³/mol. The van der Waals surface area contributed by atoms with E-state index in [-0.39, 0.29) is 24.7 Å². The van der Waals surface area contributed by atoms with Gasteiger partial charge in [-0.3, -0.25) is 14.5 Å². The number of aliphatic hydroxyl groups excluding tert-OH is 1. The Morgan fingerprint density at radius 3 is 2.77 bits per heavy atom. The normalized spacial score (nSPS) is 33.8. The van der Waals surface area contributed by atoms with Crippen LogP contribution in [-0.2, 0) is 32.6 Å². The number of rotatable bonds is 11. The minimum absolute atomic E-state index is 0.0443. The Bertz CT molecular complexity index is 1050. The molecule has 0 spiro atoms. The molecular formula is C18H27FN7O8P. The van der Waals surface area contributed by atoms with Crippen molar-refractivity contribution < 1.29 is 42.1 Å². The maximum absolute atomic E-state index is 15.2. The number of nitrogen functional groups attached to an aromatic ring is 1. The van der Waals surface area contributed by atoms with E-state index >= 15 is 4.39 Å². The van der Waals surface area contributed by atoms with Crippen LogP contribution in [0.2, 0.25) is 0 Å². The number of nitrogens with zero attached hydrogens (tertiary/aromatic N) is 4. The van der Waals surface area contributed by atoms with Crippen LogP contribution in [0.3, 0.4) is 0 Å². The van der Waals surface area contributed by atoms with Gasteiger partial charge in [0.1, 0.15) is 42.4 Å². The molecule has 2 fully saturated rings. The number of imidazole rings is 1. The first-order chi connectivity index (χ1) is 16.9. The quantitative estimate of drug-likeness (QED) is 0.167. The number of anilines is 1. The lowest BCUT2D eigenvalue weighted by atomic mass is 10.1. The molecule has 0 saturated carbocycles. The van der Waals surface area contributed by atoms with Gasteiger partial charge in [-0.2, -0.15) is 0 Å². The summed E-state index contributed by atoms with van der Waals surface area (Å²) < 4.78 is 61.5. The molecule has 0 radical (unpaired) electrons. The number of halogens is 1. The lowest BCUT2D eigenvalue weighted by molar-refractivity contribution is -0.0525. The Kier molecular flexibility index (Phi) is 8.23. The van der Waals surface area contributed by atoms with Crippen molar-refractivity contribution in [2.45, 2.75) is 49.1 Å². The van der Waals surface area contributed by atoms with Crippen LogP contribution in [0.5, 0.6) is 0 Å². The Balaban J connectivity index is 1.40. The number of fused-ring (bicyclic) bond motifs is 1. The number of nitrogens with two attached hydrogens (primary N) is 1. The standard InChI is InChI=1S/C18H27FN7O8P/c1-29-3-8-14(12(27)17(32-8)22-5-20)34-35(28)31-4-9-13(30-2)10(19)18(33-9)26-7-25-11-15(21)23-6-24-16(11)26/h5-10,12-14,17-18,27,35H,3-4H2,1-2H3,(H2,20,22)(H2,21,23,24)/t8-,9?,10-,12-,13-,14-,17-,18-/m1/s1. The van der Waals surface area contributed by atoms with E-state index in [1.165, 1.54) is 31.4 Å². The molecular weight excluding hydrogens is 492 g/mol. The van der Waals surface area contributed by atoms with Gasteiger partial charge in [-0.1, -0.05) is 0 Å².